The summed E-state index contributed by atoms with van der Waals surface area (Å²) in [4.78, 5) is 12.6. The van der Waals surface area contributed by atoms with Gasteiger partial charge in [0, 0.05) is 13.0 Å². The first-order chi connectivity index (χ1) is 7.08. The molecule has 15 heavy (non-hydrogen) atoms. The minimum absolute atomic E-state index is 0.468. The van der Waals surface area contributed by atoms with Gasteiger partial charge in [-0.25, -0.2) is 4.79 Å². The minimum atomic E-state index is -0.792. The molecule has 0 heterocycles. The quantitative estimate of drug-likeness (QED) is 0.808. The van der Waals surface area contributed by atoms with Crippen LogP contribution < -0.4 is 10.5 Å². The molecule has 1 rings (SSSR count). The number of ether oxygens (including phenoxy) is 1. The van der Waals surface area contributed by atoms with Crippen LogP contribution in [0.2, 0.25) is 0 Å². The third-order valence-corrected chi connectivity index (χ3v) is 1.77. The van der Waals surface area contributed by atoms with E-state index in [2.05, 4.69) is 0 Å². The van der Waals surface area contributed by atoms with E-state index in [0.717, 1.165) is 12.1 Å². The van der Waals surface area contributed by atoms with Crippen LogP contribution in [0.4, 0.5) is 4.79 Å². The van der Waals surface area contributed by atoms with Crippen molar-refractivity contribution in [1.82, 2.24) is 4.90 Å². The van der Waals surface area contributed by atoms with Crippen molar-refractivity contribution in [3.8, 4) is 5.75 Å². The predicted molar refractivity (Wildman–Crippen MR) is 58.6 cm³/mol. The summed E-state index contributed by atoms with van der Waals surface area (Å²) in [6, 6.07) is 7.23. The molecule has 0 aliphatic rings. The molecule has 1 aromatic rings. The highest BCUT2D eigenvalue weighted by Gasteiger charge is 2.00. The number of hydrogen-bond acceptors (Lipinski definition) is 3. The van der Waals surface area contributed by atoms with Gasteiger partial charge in [-0.15, -0.1) is 0 Å². The van der Waals surface area contributed by atoms with Crippen LogP contribution in [-0.4, -0.2) is 31.6 Å². The molecule has 1 amide bonds. The number of carbonyl (C=O) groups excluding carboxylic acids is 1. The Morgan fingerprint density at radius 3 is 2.87 bits per heavy atom. The fourth-order valence-electron chi connectivity index (χ4n) is 1.11. The van der Waals surface area contributed by atoms with Crippen LogP contribution in [0.1, 0.15) is 5.56 Å². The van der Waals surface area contributed by atoms with Crippen molar-refractivity contribution in [3.05, 3.63) is 36.2 Å². The van der Waals surface area contributed by atoms with Crippen molar-refractivity contribution in [3.63, 3.8) is 0 Å². The number of amides is 1. The first-order valence-corrected chi connectivity index (χ1v) is 4.63. The van der Waals surface area contributed by atoms with Crippen molar-refractivity contribution in [2.24, 2.45) is 5.73 Å². The first-order valence-electron chi connectivity index (χ1n) is 4.63. The van der Waals surface area contributed by atoms with Crippen LogP contribution in [0.5, 0.6) is 5.75 Å². The molecule has 4 heteroatoms. The van der Waals surface area contributed by atoms with Crippen molar-refractivity contribution in [2.45, 2.75) is 0 Å². The summed E-state index contributed by atoms with van der Waals surface area (Å²) in [7, 11) is 3.97. The van der Waals surface area contributed by atoms with Gasteiger partial charge in [-0.2, -0.15) is 0 Å². The number of hydrogen-bond donors (Lipinski definition) is 1. The molecule has 0 aromatic heterocycles. The lowest BCUT2D eigenvalue weighted by atomic mass is 10.1. The van der Waals surface area contributed by atoms with Crippen LogP contribution in [0.15, 0.2) is 24.3 Å². The van der Waals surface area contributed by atoms with E-state index >= 15 is 0 Å². The van der Waals surface area contributed by atoms with Crippen LogP contribution in [0, 0.1) is 6.42 Å². The Morgan fingerprint density at radius 1 is 1.53 bits per heavy atom. The summed E-state index contributed by atoms with van der Waals surface area (Å²) < 4.78 is 4.77. The van der Waals surface area contributed by atoms with Gasteiger partial charge in [0.05, 0.1) is 0 Å². The minimum Gasteiger partial charge on any atom is -0.410 e. The van der Waals surface area contributed by atoms with Crippen molar-refractivity contribution in [2.75, 3.05) is 20.6 Å². The second-order valence-electron chi connectivity index (χ2n) is 3.46. The lowest BCUT2D eigenvalue weighted by Crippen LogP contribution is -2.16. The summed E-state index contributed by atoms with van der Waals surface area (Å²) in [6.07, 6.45) is 1.24. The Kier molecular flexibility index (Phi) is 4.12. The average Bonchev–Trinajstić information content (AvgIpc) is 2.14. The molecular weight excluding hydrogens is 192 g/mol. The Bertz CT molecular complexity index is 337. The molecule has 0 unspecified atom stereocenters. The van der Waals surface area contributed by atoms with E-state index in [-0.39, 0.29) is 0 Å². The topological polar surface area (TPSA) is 55.6 Å². The molecule has 81 valence electrons. The zero-order valence-electron chi connectivity index (χ0n) is 8.93. The van der Waals surface area contributed by atoms with Gasteiger partial charge < -0.3 is 15.4 Å². The van der Waals surface area contributed by atoms with Gasteiger partial charge in [-0.3, -0.25) is 0 Å². The number of benzene rings is 1. The Morgan fingerprint density at radius 2 is 2.27 bits per heavy atom. The second kappa shape index (κ2) is 5.36. The summed E-state index contributed by atoms with van der Waals surface area (Å²) in [5.74, 6) is 0.468. The Balaban J connectivity index is 2.61. The fraction of sp³-hybridized carbons (Fsp3) is 0.273. The molecule has 0 aliphatic carbocycles. The van der Waals surface area contributed by atoms with E-state index in [1.807, 2.05) is 37.5 Å². The smallest absolute Gasteiger partial charge is 0.409 e. The molecule has 0 aliphatic heterocycles. The summed E-state index contributed by atoms with van der Waals surface area (Å²) in [5.41, 5.74) is 5.92. The maximum absolute atomic E-state index is 10.5. The molecule has 4 nitrogen and oxygen atoms in total. The van der Waals surface area contributed by atoms with Gasteiger partial charge in [0.2, 0.25) is 0 Å². The fourth-order valence-corrected chi connectivity index (χ4v) is 1.11. The molecule has 0 spiro atoms. The third kappa shape index (κ3) is 4.46. The Labute approximate surface area is 89.6 Å². The monoisotopic (exact) mass is 207 g/mol. The summed E-state index contributed by atoms with van der Waals surface area (Å²) in [5, 5.41) is 0. The number of likely N-dealkylation sites (N-methyl/N-ethyl adjacent to an activating group) is 1. The SMILES string of the molecule is CN(C)C[CH]c1cccc(OC(N)=O)c1. The van der Waals surface area contributed by atoms with Crippen molar-refractivity contribution >= 4 is 6.09 Å². The van der Waals surface area contributed by atoms with E-state index < -0.39 is 6.09 Å². The number of nitrogens with zero attached hydrogens (tertiary/aromatic N) is 1. The van der Waals surface area contributed by atoms with Crippen molar-refractivity contribution < 1.29 is 9.53 Å². The highest BCUT2D eigenvalue weighted by Crippen LogP contribution is 2.14. The maximum Gasteiger partial charge on any atom is 0.409 e. The summed E-state index contributed by atoms with van der Waals surface area (Å²) in [6.45, 7) is 0.833. The first kappa shape index (κ1) is 11.5. The molecule has 0 saturated carbocycles. The van der Waals surface area contributed by atoms with Gasteiger partial charge in [0.15, 0.2) is 0 Å². The van der Waals surface area contributed by atoms with E-state index in [1.165, 1.54) is 0 Å². The molecule has 1 radical (unpaired) electrons. The normalized spacial score (nSPS) is 10.3. The van der Waals surface area contributed by atoms with Gasteiger partial charge in [0.1, 0.15) is 5.75 Å². The van der Waals surface area contributed by atoms with E-state index in [4.69, 9.17) is 10.5 Å². The van der Waals surface area contributed by atoms with Crippen LogP contribution >= 0.6 is 0 Å². The lowest BCUT2D eigenvalue weighted by Gasteiger charge is -2.09. The molecule has 1 aromatic carbocycles. The van der Waals surface area contributed by atoms with Gasteiger partial charge in [-0.1, -0.05) is 12.1 Å². The summed E-state index contributed by atoms with van der Waals surface area (Å²) >= 11 is 0. The molecule has 0 fully saturated rings. The van der Waals surface area contributed by atoms with E-state index in [1.54, 1.807) is 12.1 Å². The van der Waals surface area contributed by atoms with Crippen molar-refractivity contribution in [1.29, 1.82) is 0 Å². The number of rotatable bonds is 4. The standard InChI is InChI=1S/C11H15N2O2/c1-13(2)7-6-9-4-3-5-10(8-9)15-11(12)14/h3-6,8H,7H2,1-2H3,(H2,12,14). The van der Waals surface area contributed by atoms with Crippen LogP contribution in [-0.2, 0) is 0 Å². The van der Waals surface area contributed by atoms with Gasteiger partial charge >= 0.3 is 6.09 Å². The number of carbonyl (C=O) groups is 1. The van der Waals surface area contributed by atoms with E-state index in [0.29, 0.717) is 5.75 Å². The largest absolute Gasteiger partial charge is 0.410 e. The predicted octanol–water partition coefficient (Wildman–Crippen LogP) is 1.26. The van der Waals surface area contributed by atoms with Crippen LogP contribution in [0.3, 0.4) is 0 Å². The molecule has 0 bridgehead atoms. The van der Waals surface area contributed by atoms with E-state index in [9.17, 15) is 4.79 Å². The Hall–Kier alpha value is -1.55. The molecule has 0 saturated heterocycles. The highest BCUT2D eigenvalue weighted by atomic mass is 16.5. The number of primary amides is 1. The molecule has 0 atom stereocenters. The molecule has 2 N–H and O–H groups in total. The maximum atomic E-state index is 10.5. The zero-order chi connectivity index (χ0) is 11.3. The average molecular weight is 207 g/mol. The lowest BCUT2D eigenvalue weighted by molar-refractivity contribution is 0.211. The second-order valence-corrected chi connectivity index (χ2v) is 3.46. The highest BCUT2D eigenvalue weighted by molar-refractivity contribution is 5.68. The number of nitrogens with two attached hydrogens (primary N) is 1. The van der Waals surface area contributed by atoms with Gasteiger partial charge in [-0.05, 0) is 31.8 Å². The van der Waals surface area contributed by atoms with Crippen LogP contribution in [0.25, 0.3) is 0 Å². The molecular formula is C11H15N2O2. The third-order valence-electron chi connectivity index (χ3n) is 1.77. The zero-order valence-corrected chi connectivity index (χ0v) is 8.93. The van der Waals surface area contributed by atoms with Gasteiger partial charge in [0.25, 0.3) is 0 Å².